The molecule has 0 N–H and O–H groups in total. The quantitative estimate of drug-likeness (QED) is 0.358. The highest BCUT2D eigenvalue weighted by atomic mass is 32.2. The number of oxazole rings is 1. The van der Waals surface area contributed by atoms with Crippen molar-refractivity contribution in [1.29, 1.82) is 0 Å². The number of rotatable bonds is 5. The smallest absolute Gasteiger partial charge is 0.233 e. The first-order chi connectivity index (χ1) is 15.2. The second kappa shape index (κ2) is 8.55. The van der Waals surface area contributed by atoms with Crippen molar-refractivity contribution < 1.29 is 13.6 Å². The standard InChI is InChI=1S/C25H21FN2O2S/c26-20-10-5-4-9-19(20)17-12-13-23-21(15-17)27-25(30-23)22-11-6-14-28(22)24(29)16-31-18-7-2-1-3-8-18/h1-5,7-10,12-13,15,22H,6,11,14,16H2/t22-/m0/s1. The van der Waals surface area contributed by atoms with Crippen molar-refractivity contribution in [3.8, 4) is 11.1 Å². The molecule has 4 aromatic rings. The maximum Gasteiger partial charge on any atom is 0.233 e. The van der Waals surface area contributed by atoms with Gasteiger partial charge >= 0.3 is 0 Å². The zero-order valence-corrected chi connectivity index (χ0v) is 17.6. The highest BCUT2D eigenvalue weighted by Crippen LogP contribution is 2.35. The van der Waals surface area contributed by atoms with Gasteiger partial charge in [0.2, 0.25) is 11.8 Å². The van der Waals surface area contributed by atoms with E-state index in [0.717, 1.165) is 23.3 Å². The lowest BCUT2D eigenvalue weighted by atomic mass is 10.0. The van der Waals surface area contributed by atoms with Crippen molar-refractivity contribution in [2.24, 2.45) is 0 Å². The summed E-state index contributed by atoms with van der Waals surface area (Å²) >= 11 is 1.54. The Bertz CT molecular complexity index is 1220. The van der Waals surface area contributed by atoms with Crippen molar-refractivity contribution >= 4 is 28.8 Å². The average Bonchev–Trinajstić information content (AvgIpc) is 3.45. The van der Waals surface area contributed by atoms with Crippen LogP contribution in [0.1, 0.15) is 24.8 Å². The molecular formula is C25H21FN2O2S. The van der Waals surface area contributed by atoms with Crippen LogP contribution in [0.2, 0.25) is 0 Å². The molecular weight excluding hydrogens is 411 g/mol. The summed E-state index contributed by atoms with van der Waals surface area (Å²) in [7, 11) is 0. The Morgan fingerprint density at radius 2 is 1.90 bits per heavy atom. The summed E-state index contributed by atoms with van der Waals surface area (Å²) in [4.78, 5) is 20.5. The van der Waals surface area contributed by atoms with Crippen LogP contribution < -0.4 is 0 Å². The van der Waals surface area contributed by atoms with Crippen LogP contribution in [0.25, 0.3) is 22.2 Å². The molecule has 0 radical (unpaired) electrons. The third-order valence-corrected chi connectivity index (χ3v) is 6.55. The topological polar surface area (TPSA) is 46.3 Å². The molecule has 0 bridgehead atoms. The van der Waals surface area contributed by atoms with E-state index in [9.17, 15) is 9.18 Å². The van der Waals surface area contributed by atoms with Crippen LogP contribution in [-0.2, 0) is 4.79 Å². The number of benzene rings is 3. The number of carbonyl (C=O) groups is 1. The third-order valence-electron chi connectivity index (χ3n) is 5.55. The van der Waals surface area contributed by atoms with E-state index in [1.807, 2.05) is 59.5 Å². The van der Waals surface area contributed by atoms with Gasteiger partial charge in [0.25, 0.3) is 0 Å². The second-order valence-corrected chi connectivity index (χ2v) is 8.61. The molecule has 0 saturated carbocycles. The first-order valence-corrected chi connectivity index (χ1v) is 11.3. The number of hydrogen-bond donors (Lipinski definition) is 0. The molecule has 0 spiro atoms. The Balaban J connectivity index is 1.36. The van der Waals surface area contributed by atoms with Crippen LogP contribution in [0.3, 0.4) is 0 Å². The first-order valence-electron chi connectivity index (χ1n) is 10.3. The van der Waals surface area contributed by atoms with Crippen LogP contribution in [0.5, 0.6) is 0 Å². The molecule has 0 aliphatic carbocycles. The molecule has 31 heavy (non-hydrogen) atoms. The van der Waals surface area contributed by atoms with E-state index >= 15 is 0 Å². The predicted octanol–water partition coefficient (Wildman–Crippen LogP) is 6.09. The van der Waals surface area contributed by atoms with Gasteiger partial charge in [-0.25, -0.2) is 9.37 Å². The summed E-state index contributed by atoms with van der Waals surface area (Å²) < 4.78 is 20.2. The minimum Gasteiger partial charge on any atom is -0.438 e. The summed E-state index contributed by atoms with van der Waals surface area (Å²) in [6.45, 7) is 0.706. The molecule has 1 aromatic heterocycles. The van der Waals surface area contributed by atoms with E-state index in [4.69, 9.17) is 4.42 Å². The zero-order valence-electron chi connectivity index (χ0n) is 16.8. The number of nitrogens with zero attached hydrogens (tertiary/aromatic N) is 2. The monoisotopic (exact) mass is 432 g/mol. The Kier molecular flexibility index (Phi) is 5.47. The lowest BCUT2D eigenvalue weighted by molar-refractivity contribution is -0.129. The first kappa shape index (κ1) is 19.8. The Morgan fingerprint density at radius 3 is 2.74 bits per heavy atom. The number of carbonyl (C=O) groups excluding carboxylic acids is 1. The fourth-order valence-corrected chi connectivity index (χ4v) is 4.82. The van der Waals surface area contributed by atoms with Gasteiger partial charge in [0.1, 0.15) is 17.4 Å². The van der Waals surface area contributed by atoms with Gasteiger partial charge in [-0.05, 0) is 48.7 Å². The fourth-order valence-electron chi connectivity index (χ4n) is 4.02. The minimum atomic E-state index is -0.269. The Morgan fingerprint density at radius 1 is 1.10 bits per heavy atom. The van der Waals surface area contributed by atoms with E-state index in [2.05, 4.69) is 4.98 Å². The third kappa shape index (κ3) is 4.08. The molecule has 6 heteroatoms. The molecule has 4 nitrogen and oxygen atoms in total. The number of hydrogen-bond acceptors (Lipinski definition) is 4. The maximum atomic E-state index is 14.2. The second-order valence-electron chi connectivity index (χ2n) is 7.56. The molecule has 1 aliphatic heterocycles. The van der Waals surface area contributed by atoms with Gasteiger partial charge in [0, 0.05) is 17.0 Å². The van der Waals surface area contributed by atoms with Crippen molar-refractivity contribution in [3.05, 3.63) is 84.5 Å². The van der Waals surface area contributed by atoms with E-state index < -0.39 is 0 Å². The van der Waals surface area contributed by atoms with Crippen molar-refractivity contribution in [1.82, 2.24) is 9.88 Å². The molecule has 1 amide bonds. The lowest BCUT2D eigenvalue weighted by Gasteiger charge is -2.22. The van der Waals surface area contributed by atoms with Crippen LogP contribution in [0.4, 0.5) is 4.39 Å². The largest absolute Gasteiger partial charge is 0.438 e. The summed E-state index contributed by atoms with van der Waals surface area (Å²) in [5.74, 6) is 0.758. The van der Waals surface area contributed by atoms with Crippen molar-refractivity contribution in [2.75, 3.05) is 12.3 Å². The number of fused-ring (bicyclic) bond motifs is 1. The van der Waals surface area contributed by atoms with E-state index in [1.165, 1.54) is 6.07 Å². The van der Waals surface area contributed by atoms with Crippen LogP contribution in [0.15, 0.2) is 82.1 Å². The number of aromatic nitrogens is 1. The summed E-state index contributed by atoms with van der Waals surface area (Å²) in [6.07, 6.45) is 1.75. The lowest BCUT2D eigenvalue weighted by Crippen LogP contribution is -2.32. The van der Waals surface area contributed by atoms with Crippen LogP contribution in [-0.4, -0.2) is 28.1 Å². The van der Waals surface area contributed by atoms with Gasteiger partial charge in [-0.1, -0.05) is 42.5 Å². The molecule has 0 unspecified atom stereocenters. The molecule has 3 aromatic carbocycles. The van der Waals surface area contributed by atoms with Gasteiger partial charge in [-0.2, -0.15) is 0 Å². The Labute approximate surface area is 184 Å². The van der Waals surface area contributed by atoms with E-state index in [0.29, 0.717) is 34.9 Å². The summed E-state index contributed by atoms with van der Waals surface area (Å²) in [6, 6.07) is 21.9. The van der Waals surface area contributed by atoms with Gasteiger partial charge < -0.3 is 9.32 Å². The SMILES string of the molecule is O=C(CSc1ccccc1)N1CCC[C@H]1c1nc2cc(-c3ccccc3F)ccc2o1. The molecule has 5 rings (SSSR count). The highest BCUT2D eigenvalue weighted by Gasteiger charge is 2.33. The highest BCUT2D eigenvalue weighted by molar-refractivity contribution is 8.00. The maximum absolute atomic E-state index is 14.2. The molecule has 1 atom stereocenters. The minimum absolute atomic E-state index is 0.0886. The number of amides is 1. The van der Waals surface area contributed by atoms with Gasteiger partial charge in [-0.15, -0.1) is 11.8 Å². The molecule has 156 valence electrons. The number of likely N-dealkylation sites (tertiary alicyclic amines) is 1. The van der Waals surface area contributed by atoms with Gasteiger partial charge in [-0.3, -0.25) is 4.79 Å². The molecule has 1 fully saturated rings. The van der Waals surface area contributed by atoms with E-state index in [-0.39, 0.29) is 17.8 Å². The molecule has 1 aliphatic rings. The fraction of sp³-hybridized carbons (Fsp3) is 0.200. The van der Waals surface area contributed by atoms with Gasteiger partial charge in [0.15, 0.2) is 5.58 Å². The molecule has 2 heterocycles. The average molecular weight is 433 g/mol. The molecule has 1 saturated heterocycles. The van der Waals surface area contributed by atoms with E-state index in [1.54, 1.807) is 23.9 Å². The van der Waals surface area contributed by atoms with Crippen molar-refractivity contribution in [2.45, 2.75) is 23.8 Å². The predicted molar refractivity (Wildman–Crippen MR) is 120 cm³/mol. The van der Waals surface area contributed by atoms with Crippen molar-refractivity contribution in [3.63, 3.8) is 0 Å². The summed E-state index contributed by atoms with van der Waals surface area (Å²) in [5, 5.41) is 0. The van der Waals surface area contributed by atoms with Crippen LogP contribution in [0, 0.1) is 5.82 Å². The Hall–Kier alpha value is -3.12. The zero-order chi connectivity index (χ0) is 21.2. The van der Waals surface area contributed by atoms with Crippen LogP contribution >= 0.6 is 11.8 Å². The number of halogens is 1. The normalized spacial score (nSPS) is 16.2. The summed E-state index contributed by atoms with van der Waals surface area (Å²) in [5.41, 5.74) is 2.61. The van der Waals surface area contributed by atoms with Gasteiger partial charge in [0.05, 0.1) is 5.75 Å². The number of thioether (sulfide) groups is 1.